The van der Waals surface area contributed by atoms with Gasteiger partial charge in [-0.3, -0.25) is 5.43 Å². The summed E-state index contributed by atoms with van der Waals surface area (Å²) in [5.41, 5.74) is 4.14. The highest BCUT2D eigenvalue weighted by Gasteiger charge is 2.18. The van der Waals surface area contributed by atoms with E-state index < -0.39 is 5.97 Å². The van der Waals surface area contributed by atoms with Gasteiger partial charge in [0.2, 0.25) is 0 Å². The fourth-order valence-electron chi connectivity index (χ4n) is 1.52. The molecule has 1 N–H and O–H groups in total. The van der Waals surface area contributed by atoms with E-state index in [4.69, 9.17) is 27.9 Å². The van der Waals surface area contributed by atoms with E-state index in [1.165, 1.54) is 4.79 Å². The van der Waals surface area contributed by atoms with E-state index >= 15 is 0 Å². The molecule has 1 aromatic carbocycles. The molecule has 0 aliphatic heterocycles. The van der Waals surface area contributed by atoms with E-state index in [1.54, 1.807) is 32.0 Å². The van der Waals surface area contributed by atoms with Gasteiger partial charge in [-0.15, -0.1) is 5.10 Å². The van der Waals surface area contributed by atoms with E-state index in [-0.39, 0.29) is 12.3 Å². The third kappa shape index (κ3) is 3.02. The third-order valence-corrected chi connectivity index (χ3v) is 3.08. The van der Waals surface area contributed by atoms with Gasteiger partial charge in [-0.1, -0.05) is 23.2 Å². The fourth-order valence-corrected chi connectivity index (χ4v) is 1.85. The molecule has 0 aliphatic rings. The van der Waals surface area contributed by atoms with Gasteiger partial charge in [-0.2, -0.15) is 4.79 Å². The summed E-state index contributed by atoms with van der Waals surface area (Å²) in [4.78, 5) is 13.0. The molecule has 8 heteroatoms. The number of hydrogen-bond donors (Lipinski definition) is 1. The molecule has 106 valence electrons. The highest BCUT2D eigenvalue weighted by Crippen LogP contribution is 2.25. The van der Waals surface area contributed by atoms with Crippen LogP contribution in [0.25, 0.3) is 0 Å². The van der Waals surface area contributed by atoms with Crippen molar-refractivity contribution in [2.75, 3.05) is 12.0 Å². The molecule has 6 nitrogen and oxygen atoms in total. The molecule has 0 saturated carbocycles. The summed E-state index contributed by atoms with van der Waals surface area (Å²) in [6.45, 7) is 3.69. The Morgan fingerprint density at radius 1 is 1.45 bits per heavy atom. The molecule has 0 bridgehead atoms. The van der Waals surface area contributed by atoms with Crippen molar-refractivity contribution in [1.82, 2.24) is 15.1 Å². The summed E-state index contributed by atoms with van der Waals surface area (Å²) in [6, 6.07) is 4.98. The number of carbonyl (C=O) groups excluding carboxylic acids is 1. The summed E-state index contributed by atoms with van der Waals surface area (Å²) in [5, 5.41) is 8.62. The molecule has 2 aromatic rings. The molecule has 0 atom stereocenters. The van der Waals surface area contributed by atoms with Crippen LogP contribution in [-0.4, -0.2) is 27.7 Å². The summed E-state index contributed by atoms with van der Waals surface area (Å²) >= 11 is 11.9. The van der Waals surface area contributed by atoms with Crippen LogP contribution in [0.2, 0.25) is 10.0 Å². The van der Waals surface area contributed by atoms with Gasteiger partial charge in [-0.25, -0.2) is 4.79 Å². The van der Waals surface area contributed by atoms with Gasteiger partial charge in [0, 0.05) is 5.02 Å². The van der Waals surface area contributed by atoms with E-state index in [0.717, 1.165) is 0 Å². The Balaban J connectivity index is 2.26. The Morgan fingerprint density at radius 2 is 2.20 bits per heavy atom. The number of nitrogens with zero attached hydrogens (tertiary/aromatic N) is 3. The van der Waals surface area contributed by atoms with Gasteiger partial charge in [-0.05, 0) is 37.3 Å². The standard InChI is InChI=1S/C12H12Cl2N4O2/c1-3-20-12(19)11-7(2)18(17-15-11)16-10-6-8(13)4-5-9(10)14/h4-6,16H,3H2,1-2H3. The minimum absolute atomic E-state index is 0.150. The van der Waals surface area contributed by atoms with Crippen LogP contribution < -0.4 is 5.43 Å². The second kappa shape index (κ2) is 6.11. The number of aromatic nitrogens is 3. The zero-order valence-corrected chi connectivity index (χ0v) is 12.4. The van der Waals surface area contributed by atoms with Crippen LogP contribution in [0.4, 0.5) is 5.69 Å². The Hall–Kier alpha value is -1.79. The van der Waals surface area contributed by atoms with Crippen molar-refractivity contribution in [1.29, 1.82) is 0 Å². The quantitative estimate of drug-likeness (QED) is 0.879. The zero-order chi connectivity index (χ0) is 14.7. The minimum atomic E-state index is -0.518. The largest absolute Gasteiger partial charge is 0.461 e. The van der Waals surface area contributed by atoms with Crippen LogP contribution in [0.3, 0.4) is 0 Å². The number of hydrogen-bond acceptors (Lipinski definition) is 5. The topological polar surface area (TPSA) is 69.0 Å². The van der Waals surface area contributed by atoms with Gasteiger partial charge in [0.05, 0.1) is 23.0 Å². The summed E-state index contributed by atoms with van der Waals surface area (Å²) < 4.78 is 4.89. The maximum absolute atomic E-state index is 11.6. The van der Waals surface area contributed by atoms with Crippen molar-refractivity contribution in [3.63, 3.8) is 0 Å². The molecule has 0 radical (unpaired) electrons. The predicted octanol–water partition coefficient (Wildman–Crippen LogP) is 2.95. The number of rotatable bonds is 4. The van der Waals surface area contributed by atoms with E-state index in [2.05, 4.69) is 15.7 Å². The maximum atomic E-state index is 11.6. The number of benzene rings is 1. The SMILES string of the molecule is CCOC(=O)c1nnn(Nc2cc(Cl)ccc2Cl)c1C. The average molecular weight is 315 g/mol. The van der Waals surface area contributed by atoms with Gasteiger partial charge in [0.15, 0.2) is 5.69 Å². The number of nitrogens with one attached hydrogen (secondary N) is 1. The molecule has 1 heterocycles. The molecular weight excluding hydrogens is 303 g/mol. The zero-order valence-electron chi connectivity index (χ0n) is 10.9. The molecule has 20 heavy (non-hydrogen) atoms. The number of halogens is 2. The van der Waals surface area contributed by atoms with Crippen molar-refractivity contribution in [3.8, 4) is 0 Å². The molecule has 2 rings (SSSR count). The summed E-state index contributed by atoms with van der Waals surface area (Å²) in [6.07, 6.45) is 0. The molecule has 0 aliphatic carbocycles. The Kier molecular flexibility index (Phi) is 4.46. The molecular formula is C12H12Cl2N4O2. The number of anilines is 1. The molecule has 0 amide bonds. The van der Waals surface area contributed by atoms with Gasteiger partial charge < -0.3 is 4.74 Å². The van der Waals surface area contributed by atoms with Crippen LogP contribution >= 0.6 is 23.2 Å². The van der Waals surface area contributed by atoms with E-state index in [1.807, 2.05) is 0 Å². The van der Waals surface area contributed by atoms with Crippen LogP contribution in [0.5, 0.6) is 0 Å². The number of esters is 1. The van der Waals surface area contributed by atoms with Crippen LogP contribution in [-0.2, 0) is 4.74 Å². The molecule has 1 aromatic heterocycles. The molecule has 0 saturated heterocycles. The van der Waals surface area contributed by atoms with E-state index in [9.17, 15) is 4.79 Å². The lowest BCUT2D eigenvalue weighted by atomic mass is 10.3. The second-order valence-electron chi connectivity index (χ2n) is 3.89. The Bertz CT molecular complexity index is 642. The van der Waals surface area contributed by atoms with Crippen molar-refractivity contribution in [2.24, 2.45) is 0 Å². The Morgan fingerprint density at radius 3 is 2.90 bits per heavy atom. The first kappa shape index (κ1) is 14.6. The first-order valence-electron chi connectivity index (χ1n) is 5.84. The van der Waals surface area contributed by atoms with Crippen LogP contribution in [0.1, 0.15) is 23.1 Å². The lowest BCUT2D eigenvalue weighted by molar-refractivity contribution is 0.0518. The van der Waals surface area contributed by atoms with Crippen LogP contribution in [0, 0.1) is 6.92 Å². The molecule has 0 spiro atoms. The summed E-state index contributed by atoms with van der Waals surface area (Å²) in [5.74, 6) is -0.518. The van der Waals surface area contributed by atoms with Crippen molar-refractivity contribution in [3.05, 3.63) is 39.6 Å². The van der Waals surface area contributed by atoms with Gasteiger partial charge in [0.1, 0.15) is 0 Å². The maximum Gasteiger partial charge on any atom is 0.360 e. The highest BCUT2D eigenvalue weighted by atomic mass is 35.5. The second-order valence-corrected chi connectivity index (χ2v) is 4.74. The lowest BCUT2D eigenvalue weighted by Crippen LogP contribution is -2.14. The third-order valence-electron chi connectivity index (χ3n) is 2.52. The minimum Gasteiger partial charge on any atom is -0.461 e. The van der Waals surface area contributed by atoms with Crippen molar-refractivity contribution >= 4 is 34.9 Å². The predicted molar refractivity (Wildman–Crippen MR) is 76.2 cm³/mol. The fraction of sp³-hybridized carbons (Fsp3) is 0.250. The first-order chi connectivity index (χ1) is 9.52. The average Bonchev–Trinajstić information content (AvgIpc) is 2.76. The molecule has 0 unspecified atom stereocenters. The van der Waals surface area contributed by atoms with Crippen molar-refractivity contribution in [2.45, 2.75) is 13.8 Å². The number of carbonyl (C=O) groups is 1. The monoisotopic (exact) mass is 314 g/mol. The summed E-state index contributed by atoms with van der Waals surface area (Å²) in [7, 11) is 0. The first-order valence-corrected chi connectivity index (χ1v) is 6.60. The lowest BCUT2D eigenvalue weighted by Gasteiger charge is -2.09. The van der Waals surface area contributed by atoms with Crippen molar-refractivity contribution < 1.29 is 9.53 Å². The van der Waals surface area contributed by atoms with Gasteiger partial charge >= 0.3 is 5.97 Å². The molecule has 0 fully saturated rings. The smallest absolute Gasteiger partial charge is 0.360 e. The highest BCUT2D eigenvalue weighted by molar-refractivity contribution is 6.35. The normalized spacial score (nSPS) is 10.4. The van der Waals surface area contributed by atoms with E-state index in [0.29, 0.717) is 21.4 Å². The van der Waals surface area contributed by atoms with Gasteiger partial charge in [0.25, 0.3) is 0 Å². The van der Waals surface area contributed by atoms with Crippen LogP contribution in [0.15, 0.2) is 18.2 Å². The Labute approximate surface area is 125 Å². The number of ether oxygens (including phenoxy) is 1.